The van der Waals surface area contributed by atoms with E-state index < -0.39 is 17.8 Å². The van der Waals surface area contributed by atoms with Crippen molar-refractivity contribution in [2.75, 3.05) is 5.32 Å². The number of allylic oxidation sites excluding steroid dienone is 1. The molecule has 2 N–H and O–H groups in total. The Kier molecular flexibility index (Phi) is 3.77. The molecule has 4 rings (SSSR count). The third-order valence-corrected chi connectivity index (χ3v) is 4.13. The highest BCUT2D eigenvalue weighted by Gasteiger charge is 2.37. The monoisotopic (exact) mass is 347 g/mol. The Bertz CT molecular complexity index is 1010. The number of carbonyl (C=O) groups excluding carboxylic acids is 1. The molecule has 1 aliphatic heterocycles. The molecule has 1 unspecified atom stereocenters. The topological polar surface area (TPSA) is 110 Å². The second-order valence-corrected chi connectivity index (χ2v) is 5.67. The zero-order valence-electron chi connectivity index (χ0n) is 13.4. The fourth-order valence-corrected chi connectivity index (χ4v) is 2.98. The summed E-state index contributed by atoms with van der Waals surface area (Å²) in [4.78, 5) is 25.0. The summed E-state index contributed by atoms with van der Waals surface area (Å²) in [5, 5.41) is 23.7. The van der Waals surface area contributed by atoms with Gasteiger partial charge in [-0.15, -0.1) is 0 Å². The summed E-state index contributed by atoms with van der Waals surface area (Å²) in [6.07, 6.45) is 0. The molecule has 26 heavy (non-hydrogen) atoms. The van der Waals surface area contributed by atoms with Gasteiger partial charge in [-0.2, -0.15) is 4.68 Å². The number of carboxylic acids is 1. The van der Waals surface area contributed by atoms with Crippen molar-refractivity contribution in [2.45, 2.75) is 6.04 Å². The average Bonchev–Trinajstić information content (AvgIpc) is 3.15. The maximum absolute atomic E-state index is 13.2. The Labute approximate surface area is 147 Å². The molecule has 1 atom stereocenters. The summed E-state index contributed by atoms with van der Waals surface area (Å²) >= 11 is 0. The molecular weight excluding hydrogens is 334 g/mol. The molecule has 0 aliphatic carbocycles. The highest BCUT2D eigenvalue weighted by Crippen LogP contribution is 2.36. The summed E-state index contributed by atoms with van der Waals surface area (Å²) in [6, 6.07) is 16.9. The molecule has 0 amide bonds. The summed E-state index contributed by atoms with van der Waals surface area (Å²) in [7, 11) is 0. The average molecular weight is 347 g/mol. The van der Waals surface area contributed by atoms with E-state index in [-0.39, 0.29) is 17.2 Å². The number of benzene rings is 2. The normalized spacial score (nSPS) is 15.9. The smallest absolute Gasteiger partial charge is 0.352 e. The summed E-state index contributed by atoms with van der Waals surface area (Å²) in [6.45, 7) is 0. The van der Waals surface area contributed by atoms with Crippen molar-refractivity contribution in [3.63, 3.8) is 0 Å². The Morgan fingerprint density at radius 1 is 1.00 bits per heavy atom. The Balaban J connectivity index is 1.95. The molecule has 128 valence electrons. The molecule has 0 saturated carbocycles. The Morgan fingerprint density at radius 3 is 2.31 bits per heavy atom. The molecule has 1 aliphatic rings. The number of fused-ring (bicyclic) bond motifs is 1. The lowest BCUT2D eigenvalue weighted by Gasteiger charge is -2.27. The third kappa shape index (κ3) is 2.53. The molecular formula is C18H13N5O3. The molecule has 0 radical (unpaired) electrons. The largest absolute Gasteiger partial charge is 0.477 e. The van der Waals surface area contributed by atoms with Gasteiger partial charge in [0.1, 0.15) is 11.7 Å². The van der Waals surface area contributed by atoms with Crippen molar-refractivity contribution in [1.29, 1.82) is 0 Å². The van der Waals surface area contributed by atoms with Gasteiger partial charge in [-0.05, 0) is 16.0 Å². The number of tetrazole rings is 1. The molecule has 0 saturated heterocycles. The Hall–Kier alpha value is -3.81. The van der Waals surface area contributed by atoms with E-state index in [0.29, 0.717) is 11.1 Å². The van der Waals surface area contributed by atoms with E-state index in [9.17, 15) is 14.7 Å². The lowest BCUT2D eigenvalue weighted by atomic mass is 9.89. The molecule has 0 spiro atoms. The van der Waals surface area contributed by atoms with Crippen LogP contribution in [0.5, 0.6) is 0 Å². The van der Waals surface area contributed by atoms with Gasteiger partial charge in [-0.1, -0.05) is 65.8 Å². The van der Waals surface area contributed by atoms with Crippen LogP contribution in [0.3, 0.4) is 0 Å². The molecule has 0 fully saturated rings. The van der Waals surface area contributed by atoms with Gasteiger partial charge in [0, 0.05) is 5.56 Å². The van der Waals surface area contributed by atoms with Crippen LogP contribution in [0.2, 0.25) is 0 Å². The molecule has 3 aromatic rings. The predicted molar refractivity (Wildman–Crippen MR) is 91.5 cm³/mol. The third-order valence-electron chi connectivity index (χ3n) is 4.13. The van der Waals surface area contributed by atoms with Crippen LogP contribution in [-0.2, 0) is 4.79 Å². The van der Waals surface area contributed by atoms with E-state index in [0.717, 1.165) is 0 Å². The second-order valence-electron chi connectivity index (χ2n) is 5.67. The fourth-order valence-electron chi connectivity index (χ4n) is 2.98. The van der Waals surface area contributed by atoms with Gasteiger partial charge in [0.15, 0.2) is 5.78 Å². The fraction of sp³-hybridized carbons (Fsp3) is 0.0556. The number of anilines is 1. The van der Waals surface area contributed by atoms with Gasteiger partial charge < -0.3 is 10.4 Å². The minimum absolute atomic E-state index is 0.0784. The van der Waals surface area contributed by atoms with E-state index in [4.69, 9.17) is 0 Å². The van der Waals surface area contributed by atoms with Crippen molar-refractivity contribution in [3.8, 4) is 0 Å². The van der Waals surface area contributed by atoms with E-state index in [1.165, 1.54) is 4.68 Å². The molecule has 8 heteroatoms. The number of nitrogens with one attached hydrogen (secondary N) is 1. The first-order chi connectivity index (χ1) is 12.7. The van der Waals surface area contributed by atoms with Crippen molar-refractivity contribution in [3.05, 3.63) is 83.1 Å². The van der Waals surface area contributed by atoms with Gasteiger partial charge in [0.05, 0.1) is 5.57 Å². The van der Waals surface area contributed by atoms with Crippen LogP contribution in [0.4, 0.5) is 5.95 Å². The van der Waals surface area contributed by atoms with Gasteiger partial charge >= 0.3 is 5.97 Å². The lowest BCUT2D eigenvalue weighted by molar-refractivity contribution is -0.132. The number of aliphatic carboxylic acids is 1. The van der Waals surface area contributed by atoms with Gasteiger partial charge in [-0.25, -0.2) is 4.79 Å². The number of carbonyl (C=O) groups is 2. The Morgan fingerprint density at radius 2 is 1.65 bits per heavy atom. The van der Waals surface area contributed by atoms with Gasteiger partial charge in [-0.3, -0.25) is 4.79 Å². The summed E-state index contributed by atoms with van der Waals surface area (Å²) in [5.74, 6) is -1.48. The number of carboxylic acid groups (broad SMARTS) is 1. The maximum atomic E-state index is 13.2. The molecule has 2 heterocycles. The van der Waals surface area contributed by atoms with Crippen LogP contribution in [0, 0.1) is 0 Å². The number of ketones is 1. The van der Waals surface area contributed by atoms with Crippen LogP contribution in [0.15, 0.2) is 71.9 Å². The van der Waals surface area contributed by atoms with E-state index >= 15 is 0 Å². The SMILES string of the molecule is O=C(O)C1=C(C(=O)c2ccccc2)C(c2ccccc2)n2nnnc2N1. The number of hydrogen-bond donors (Lipinski definition) is 2. The van der Waals surface area contributed by atoms with Crippen molar-refractivity contribution in [2.24, 2.45) is 0 Å². The predicted octanol–water partition coefficient (Wildman–Crippen LogP) is 1.91. The van der Waals surface area contributed by atoms with Gasteiger partial charge in [0.25, 0.3) is 0 Å². The van der Waals surface area contributed by atoms with Crippen LogP contribution < -0.4 is 5.32 Å². The molecule has 0 bridgehead atoms. The minimum Gasteiger partial charge on any atom is -0.477 e. The van der Waals surface area contributed by atoms with Crippen LogP contribution in [-0.4, -0.2) is 37.1 Å². The zero-order chi connectivity index (χ0) is 18.1. The molecule has 2 aromatic carbocycles. The number of aromatic nitrogens is 4. The van der Waals surface area contributed by atoms with E-state index in [2.05, 4.69) is 20.8 Å². The summed E-state index contributed by atoms with van der Waals surface area (Å²) < 4.78 is 1.41. The standard InChI is InChI=1S/C18H13N5O3/c24-16(12-9-5-2-6-10-12)13-14(17(25)26)19-18-20-21-22-23(18)15(13)11-7-3-1-4-8-11/h1-10,15H,(H,25,26)(H,19,20,22). The number of rotatable bonds is 4. The number of Topliss-reactive ketones (excluding diaryl/α,β-unsaturated/α-hetero) is 1. The summed E-state index contributed by atoms with van der Waals surface area (Å²) in [5.41, 5.74) is 0.950. The van der Waals surface area contributed by atoms with E-state index in [1.807, 2.05) is 18.2 Å². The number of hydrogen-bond acceptors (Lipinski definition) is 6. The first kappa shape index (κ1) is 15.7. The first-order valence-corrected chi connectivity index (χ1v) is 7.84. The van der Waals surface area contributed by atoms with E-state index in [1.54, 1.807) is 42.5 Å². The quantitative estimate of drug-likeness (QED) is 0.694. The van der Waals surface area contributed by atoms with Crippen LogP contribution >= 0.6 is 0 Å². The minimum atomic E-state index is -1.25. The first-order valence-electron chi connectivity index (χ1n) is 7.84. The highest BCUT2D eigenvalue weighted by atomic mass is 16.4. The van der Waals surface area contributed by atoms with Crippen LogP contribution in [0.1, 0.15) is 22.0 Å². The highest BCUT2D eigenvalue weighted by molar-refractivity contribution is 6.14. The van der Waals surface area contributed by atoms with Crippen LogP contribution in [0.25, 0.3) is 0 Å². The van der Waals surface area contributed by atoms with Crippen molar-refractivity contribution < 1.29 is 14.7 Å². The zero-order valence-corrected chi connectivity index (χ0v) is 13.4. The van der Waals surface area contributed by atoms with Crippen molar-refractivity contribution in [1.82, 2.24) is 20.2 Å². The lowest BCUT2D eigenvalue weighted by Crippen LogP contribution is -2.32. The number of nitrogens with zero attached hydrogens (tertiary/aromatic N) is 4. The molecule has 1 aromatic heterocycles. The van der Waals surface area contributed by atoms with Crippen molar-refractivity contribution >= 4 is 17.7 Å². The second kappa shape index (κ2) is 6.25. The van der Waals surface area contributed by atoms with Gasteiger partial charge in [0.2, 0.25) is 5.95 Å². The maximum Gasteiger partial charge on any atom is 0.352 e. The molecule has 8 nitrogen and oxygen atoms in total.